The monoisotopic (exact) mass is 300 g/mol. The molecule has 0 spiro atoms. The molecule has 0 atom stereocenters. The highest BCUT2D eigenvalue weighted by Crippen LogP contribution is 2.27. The van der Waals surface area contributed by atoms with Gasteiger partial charge in [0.2, 0.25) is 0 Å². The van der Waals surface area contributed by atoms with Crippen molar-refractivity contribution in [3.8, 4) is 0 Å². The number of carbonyl (C=O) groups excluding carboxylic acids is 2. The predicted molar refractivity (Wildman–Crippen MR) is 83.8 cm³/mol. The molecule has 0 N–H and O–H groups in total. The summed E-state index contributed by atoms with van der Waals surface area (Å²) in [4.78, 5) is 24.9. The van der Waals surface area contributed by atoms with Crippen molar-refractivity contribution in [2.24, 2.45) is 0 Å². The van der Waals surface area contributed by atoms with E-state index in [1.165, 1.54) is 18.9 Å². The third-order valence-electron chi connectivity index (χ3n) is 3.14. The molecule has 0 aliphatic rings. The third-order valence-corrected chi connectivity index (χ3v) is 4.03. The molecule has 0 unspecified atom stereocenters. The number of hydrogen-bond donors (Lipinski definition) is 0. The summed E-state index contributed by atoms with van der Waals surface area (Å²) in [6.07, 6.45) is 2.07. The van der Waals surface area contributed by atoms with Gasteiger partial charge in [0.1, 0.15) is 0 Å². The van der Waals surface area contributed by atoms with Crippen molar-refractivity contribution in [1.82, 2.24) is 0 Å². The number of esters is 1. The van der Waals surface area contributed by atoms with Crippen LogP contribution in [0.5, 0.6) is 0 Å². The minimum atomic E-state index is -0.311. The molecular formula is C17H16O3S. The van der Waals surface area contributed by atoms with E-state index in [0.717, 1.165) is 10.5 Å². The third kappa shape index (κ3) is 3.52. The van der Waals surface area contributed by atoms with E-state index in [1.807, 2.05) is 30.5 Å². The maximum atomic E-state index is 12.6. The molecule has 2 aromatic rings. The summed E-state index contributed by atoms with van der Waals surface area (Å²) in [5, 5.41) is 0. The molecule has 0 amide bonds. The lowest BCUT2D eigenvalue weighted by atomic mass is 10.00. The van der Waals surface area contributed by atoms with Gasteiger partial charge in [0.25, 0.3) is 0 Å². The molecule has 0 saturated carbocycles. The van der Waals surface area contributed by atoms with Gasteiger partial charge in [0.15, 0.2) is 5.78 Å². The van der Waals surface area contributed by atoms with Crippen molar-refractivity contribution in [3.05, 3.63) is 65.2 Å². The van der Waals surface area contributed by atoms with E-state index >= 15 is 0 Å². The highest BCUT2D eigenvalue weighted by molar-refractivity contribution is 7.98. The van der Waals surface area contributed by atoms with Crippen LogP contribution in [0.3, 0.4) is 0 Å². The van der Waals surface area contributed by atoms with E-state index in [4.69, 9.17) is 4.74 Å². The van der Waals surface area contributed by atoms with Gasteiger partial charge >= 0.3 is 5.97 Å². The minimum absolute atomic E-state index is 0.0355. The van der Waals surface area contributed by atoms with Gasteiger partial charge in [-0.15, -0.1) is 11.8 Å². The van der Waals surface area contributed by atoms with Crippen LogP contribution in [0.1, 0.15) is 21.5 Å². The first kappa shape index (κ1) is 15.3. The average molecular weight is 300 g/mol. The Morgan fingerprint density at radius 1 is 1.05 bits per heavy atom. The topological polar surface area (TPSA) is 43.4 Å². The van der Waals surface area contributed by atoms with Crippen molar-refractivity contribution >= 4 is 23.5 Å². The summed E-state index contributed by atoms with van der Waals surface area (Å²) < 4.78 is 4.71. The molecule has 21 heavy (non-hydrogen) atoms. The zero-order valence-corrected chi connectivity index (χ0v) is 12.8. The van der Waals surface area contributed by atoms with Gasteiger partial charge < -0.3 is 4.74 Å². The van der Waals surface area contributed by atoms with Crippen LogP contribution in [0.2, 0.25) is 0 Å². The number of rotatable bonds is 5. The summed E-state index contributed by atoms with van der Waals surface area (Å²) in [7, 11) is 1.36. The molecule has 108 valence electrons. The van der Waals surface area contributed by atoms with E-state index in [2.05, 4.69) is 0 Å². The Hall–Kier alpha value is -2.07. The maximum absolute atomic E-state index is 12.6. The normalized spacial score (nSPS) is 10.2. The quantitative estimate of drug-likeness (QED) is 0.482. The Morgan fingerprint density at radius 3 is 2.38 bits per heavy atom. The Balaban J connectivity index is 2.42. The fraction of sp³-hybridized carbons (Fsp3) is 0.176. The average Bonchev–Trinajstić information content (AvgIpc) is 2.54. The number of ether oxygens (including phenoxy) is 1. The first-order valence-electron chi connectivity index (χ1n) is 6.49. The molecule has 0 aromatic heterocycles. The van der Waals surface area contributed by atoms with Gasteiger partial charge in [-0.05, 0) is 17.9 Å². The van der Waals surface area contributed by atoms with Crippen molar-refractivity contribution in [2.45, 2.75) is 11.3 Å². The fourth-order valence-electron chi connectivity index (χ4n) is 2.12. The summed E-state index contributed by atoms with van der Waals surface area (Å²) in [5.74, 6) is -0.346. The van der Waals surface area contributed by atoms with Crippen molar-refractivity contribution in [2.75, 3.05) is 13.4 Å². The second kappa shape index (κ2) is 7.09. The standard InChI is InChI=1S/C17H16O3S/c1-20-15(18)11-13-9-6-10-14(17(13)21-2)16(19)12-7-4-3-5-8-12/h3-10H,11H2,1-2H3. The van der Waals surface area contributed by atoms with Crippen LogP contribution in [0.4, 0.5) is 0 Å². The molecule has 0 bridgehead atoms. The van der Waals surface area contributed by atoms with Gasteiger partial charge in [-0.2, -0.15) is 0 Å². The van der Waals surface area contributed by atoms with Gasteiger partial charge in [-0.25, -0.2) is 0 Å². The number of methoxy groups -OCH3 is 1. The molecule has 3 nitrogen and oxygen atoms in total. The summed E-state index contributed by atoms with van der Waals surface area (Å²) >= 11 is 1.47. The highest BCUT2D eigenvalue weighted by atomic mass is 32.2. The lowest BCUT2D eigenvalue weighted by Gasteiger charge is -2.11. The van der Waals surface area contributed by atoms with E-state index < -0.39 is 0 Å². The van der Waals surface area contributed by atoms with Gasteiger partial charge in [0, 0.05) is 16.0 Å². The molecule has 4 heteroatoms. The molecule has 0 heterocycles. The largest absolute Gasteiger partial charge is 0.469 e. The Bertz CT molecular complexity index is 650. The first-order chi connectivity index (χ1) is 10.2. The molecular weight excluding hydrogens is 284 g/mol. The number of carbonyl (C=O) groups is 2. The predicted octanol–water partition coefficient (Wildman–Crippen LogP) is 3.36. The molecule has 0 aliphatic heterocycles. The van der Waals surface area contributed by atoms with Crippen LogP contribution in [-0.4, -0.2) is 25.1 Å². The number of ketones is 1. The molecule has 0 fully saturated rings. The van der Waals surface area contributed by atoms with E-state index in [0.29, 0.717) is 11.1 Å². The molecule has 2 rings (SSSR count). The summed E-state index contributed by atoms with van der Waals surface area (Å²) in [6.45, 7) is 0. The lowest BCUT2D eigenvalue weighted by molar-refractivity contribution is -0.139. The Morgan fingerprint density at radius 2 is 1.76 bits per heavy atom. The minimum Gasteiger partial charge on any atom is -0.469 e. The van der Waals surface area contributed by atoms with Crippen molar-refractivity contribution < 1.29 is 14.3 Å². The zero-order chi connectivity index (χ0) is 15.2. The van der Waals surface area contributed by atoms with Gasteiger partial charge in [-0.3, -0.25) is 9.59 Å². The second-order valence-electron chi connectivity index (χ2n) is 4.45. The summed E-state index contributed by atoms with van der Waals surface area (Å²) in [6, 6.07) is 14.6. The summed E-state index contributed by atoms with van der Waals surface area (Å²) in [5.41, 5.74) is 2.08. The SMILES string of the molecule is COC(=O)Cc1cccc(C(=O)c2ccccc2)c1SC. The van der Waals surface area contributed by atoms with Crippen LogP contribution < -0.4 is 0 Å². The van der Waals surface area contributed by atoms with Crippen molar-refractivity contribution in [3.63, 3.8) is 0 Å². The van der Waals surface area contributed by atoms with Crippen LogP contribution in [0.15, 0.2) is 53.4 Å². The number of thioether (sulfide) groups is 1. The number of hydrogen-bond acceptors (Lipinski definition) is 4. The van der Waals surface area contributed by atoms with Crippen LogP contribution in [-0.2, 0) is 16.0 Å². The first-order valence-corrected chi connectivity index (χ1v) is 7.72. The lowest BCUT2D eigenvalue weighted by Crippen LogP contribution is -2.09. The fourth-order valence-corrected chi connectivity index (χ4v) is 2.90. The van der Waals surface area contributed by atoms with Gasteiger partial charge in [-0.1, -0.05) is 42.5 Å². The zero-order valence-electron chi connectivity index (χ0n) is 12.0. The van der Waals surface area contributed by atoms with Crippen LogP contribution >= 0.6 is 11.8 Å². The van der Waals surface area contributed by atoms with Gasteiger partial charge in [0.05, 0.1) is 13.5 Å². The van der Waals surface area contributed by atoms with Crippen LogP contribution in [0.25, 0.3) is 0 Å². The number of benzene rings is 2. The Labute approximate surface area is 128 Å². The highest BCUT2D eigenvalue weighted by Gasteiger charge is 2.17. The molecule has 2 aromatic carbocycles. The molecule has 0 aliphatic carbocycles. The molecule has 0 radical (unpaired) electrons. The maximum Gasteiger partial charge on any atom is 0.310 e. The van der Waals surface area contributed by atoms with E-state index in [9.17, 15) is 9.59 Å². The smallest absolute Gasteiger partial charge is 0.310 e. The van der Waals surface area contributed by atoms with E-state index in [-0.39, 0.29) is 18.2 Å². The molecule has 0 saturated heterocycles. The second-order valence-corrected chi connectivity index (χ2v) is 5.26. The Kier molecular flexibility index (Phi) is 5.17. The van der Waals surface area contributed by atoms with E-state index in [1.54, 1.807) is 24.3 Å². The van der Waals surface area contributed by atoms with Crippen LogP contribution in [0, 0.1) is 0 Å². The van der Waals surface area contributed by atoms with Crippen molar-refractivity contribution in [1.29, 1.82) is 0 Å².